The van der Waals surface area contributed by atoms with Gasteiger partial charge in [-0.2, -0.15) is 0 Å². The summed E-state index contributed by atoms with van der Waals surface area (Å²) in [6.07, 6.45) is 4.90. The number of ether oxygens (including phenoxy) is 1. The van der Waals surface area contributed by atoms with Crippen LogP contribution in [-0.4, -0.2) is 71.6 Å². The third-order valence-electron chi connectivity index (χ3n) is 10.0. The molecule has 0 unspecified atom stereocenters. The fraction of sp³-hybridized carbons (Fsp3) is 0.543. The van der Waals surface area contributed by atoms with Crippen LogP contribution in [0.4, 0.5) is 4.79 Å². The first-order chi connectivity index (χ1) is 22.2. The topological polar surface area (TPSA) is 128 Å². The number of nitrogens with zero attached hydrogens (tertiary/aromatic N) is 2. The van der Waals surface area contributed by atoms with Gasteiger partial charge in [0.15, 0.2) is 0 Å². The van der Waals surface area contributed by atoms with E-state index in [0.29, 0.717) is 22.9 Å². The molecule has 3 atom stereocenters. The molecule has 0 spiro atoms. The molecule has 3 aromatic rings. The molecule has 246 valence electrons. The van der Waals surface area contributed by atoms with E-state index in [1.807, 2.05) is 54.3 Å². The second kappa shape index (κ2) is 13.6. The fourth-order valence-corrected chi connectivity index (χ4v) is 7.34. The van der Waals surface area contributed by atoms with Crippen LogP contribution in [0.15, 0.2) is 42.5 Å². The zero-order valence-corrected chi connectivity index (χ0v) is 27.7. The highest BCUT2D eigenvalue weighted by molar-refractivity contribution is 6.31. The standard InChI is InChI=1S/C35H45ClN6O4/c1-4-37-32(43)29(22-10-9-11-22)40-33(44)35(19-46-20-35)23-14-15-26-27(18-23)39-31(38-26)30(41-34(45)42-16-7-8-17-42)28(21(2)3)24-12-5-6-13-25(24)36/h5-6,12-15,18,21-22,28-30H,4,7-11,16-17,19-20H2,1-3H3,(H,37,43)(H,38,39)(H,40,44)(H,41,45)/t28-,29+,30-/m0/s1. The predicted octanol–water partition coefficient (Wildman–Crippen LogP) is 5.19. The molecule has 1 saturated carbocycles. The molecule has 2 aliphatic heterocycles. The Morgan fingerprint density at radius 3 is 2.41 bits per heavy atom. The molecule has 0 bridgehead atoms. The number of fused-ring (bicyclic) bond motifs is 1. The van der Waals surface area contributed by atoms with Crippen LogP contribution in [0.5, 0.6) is 0 Å². The van der Waals surface area contributed by atoms with E-state index < -0.39 is 17.5 Å². The van der Waals surface area contributed by atoms with E-state index in [1.165, 1.54) is 0 Å². The summed E-state index contributed by atoms with van der Waals surface area (Å²) >= 11 is 6.74. The van der Waals surface area contributed by atoms with Crippen LogP contribution < -0.4 is 16.0 Å². The Bertz CT molecular complexity index is 1580. The number of rotatable bonds is 11. The number of nitrogens with one attached hydrogen (secondary N) is 4. The number of amides is 4. The summed E-state index contributed by atoms with van der Waals surface area (Å²) in [5.41, 5.74) is 2.30. The summed E-state index contributed by atoms with van der Waals surface area (Å²) in [4.78, 5) is 50.7. The van der Waals surface area contributed by atoms with Crippen molar-refractivity contribution in [3.63, 3.8) is 0 Å². The first-order valence-corrected chi connectivity index (χ1v) is 17.1. The van der Waals surface area contributed by atoms with Crippen LogP contribution in [-0.2, 0) is 19.7 Å². The van der Waals surface area contributed by atoms with Crippen molar-refractivity contribution in [3.05, 3.63) is 64.4 Å². The molecule has 2 saturated heterocycles. The molecule has 10 nitrogen and oxygen atoms in total. The van der Waals surface area contributed by atoms with Crippen molar-refractivity contribution in [3.8, 4) is 0 Å². The number of hydrogen-bond donors (Lipinski definition) is 4. The van der Waals surface area contributed by atoms with Gasteiger partial charge in [-0.1, -0.05) is 56.1 Å². The Kier molecular flexibility index (Phi) is 9.57. The Labute approximate surface area is 275 Å². The third kappa shape index (κ3) is 6.21. The van der Waals surface area contributed by atoms with Crippen molar-refractivity contribution in [1.82, 2.24) is 30.8 Å². The van der Waals surface area contributed by atoms with E-state index >= 15 is 0 Å². The van der Waals surface area contributed by atoms with Crippen LogP contribution in [0.3, 0.4) is 0 Å². The molecule has 2 aromatic carbocycles. The van der Waals surface area contributed by atoms with E-state index in [2.05, 4.69) is 34.8 Å². The van der Waals surface area contributed by atoms with Gasteiger partial charge >= 0.3 is 6.03 Å². The number of H-pyrrole nitrogens is 1. The van der Waals surface area contributed by atoms with Gasteiger partial charge in [-0.05, 0) is 73.8 Å². The maximum absolute atomic E-state index is 13.9. The minimum atomic E-state index is -0.913. The molecular weight excluding hydrogens is 604 g/mol. The van der Waals surface area contributed by atoms with E-state index in [9.17, 15) is 14.4 Å². The van der Waals surface area contributed by atoms with Gasteiger partial charge in [-0.25, -0.2) is 9.78 Å². The van der Waals surface area contributed by atoms with Crippen molar-refractivity contribution in [1.29, 1.82) is 0 Å². The largest absolute Gasteiger partial charge is 0.378 e. The van der Waals surface area contributed by atoms with E-state index in [1.54, 1.807) is 0 Å². The average Bonchev–Trinajstić information content (AvgIpc) is 3.66. The minimum Gasteiger partial charge on any atom is -0.378 e. The molecule has 4 N–H and O–H groups in total. The number of aromatic amines is 1. The van der Waals surface area contributed by atoms with Gasteiger partial charge in [0.2, 0.25) is 11.8 Å². The lowest BCUT2D eigenvalue weighted by atomic mass is 9.75. The second-order valence-corrected chi connectivity index (χ2v) is 13.8. The number of halogens is 1. The van der Waals surface area contributed by atoms with E-state index in [4.69, 9.17) is 21.3 Å². The maximum Gasteiger partial charge on any atom is 0.318 e. The fourth-order valence-electron chi connectivity index (χ4n) is 7.08. The van der Waals surface area contributed by atoms with Crippen LogP contribution in [0.2, 0.25) is 5.02 Å². The summed E-state index contributed by atoms with van der Waals surface area (Å²) in [6, 6.07) is 12.4. The molecule has 1 aliphatic carbocycles. The molecule has 3 fully saturated rings. The number of hydrogen-bond acceptors (Lipinski definition) is 5. The number of carbonyl (C=O) groups excluding carboxylic acids is 3. The number of likely N-dealkylation sites (N-methyl/N-ethyl adjacent to an activating group) is 1. The lowest BCUT2D eigenvalue weighted by Crippen LogP contribution is -2.62. The number of carbonyl (C=O) groups is 3. The highest BCUT2D eigenvalue weighted by Gasteiger charge is 2.49. The number of likely N-dealkylation sites (tertiary alicyclic amines) is 1. The minimum absolute atomic E-state index is 0.114. The Morgan fingerprint density at radius 2 is 1.80 bits per heavy atom. The smallest absolute Gasteiger partial charge is 0.318 e. The summed E-state index contributed by atoms with van der Waals surface area (Å²) in [5.74, 6) is 0.401. The molecule has 0 radical (unpaired) electrons. The van der Waals surface area contributed by atoms with E-state index in [-0.39, 0.29) is 48.8 Å². The van der Waals surface area contributed by atoms with Crippen molar-refractivity contribution in [2.75, 3.05) is 32.8 Å². The normalized spacial score (nSPS) is 19.6. The summed E-state index contributed by atoms with van der Waals surface area (Å²) < 4.78 is 5.62. The lowest BCUT2D eigenvalue weighted by molar-refractivity contribution is -0.148. The van der Waals surface area contributed by atoms with Crippen LogP contribution in [0.1, 0.15) is 81.8 Å². The molecule has 3 aliphatic rings. The quantitative estimate of drug-likeness (QED) is 0.228. The van der Waals surface area contributed by atoms with Gasteiger partial charge in [-0.3, -0.25) is 9.59 Å². The zero-order valence-electron chi connectivity index (χ0n) is 26.9. The third-order valence-corrected chi connectivity index (χ3v) is 10.4. The molecule has 1 aromatic heterocycles. The van der Waals surface area contributed by atoms with Crippen molar-refractivity contribution < 1.29 is 19.1 Å². The number of aromatic nitrogens is 2. The lowest BCUT2D eigenvalue weighted by Gasteiger charge is -2.42. The first-order valence-electron chi connectivity index (χ1n) is 16.7. The first kappa shape index (κ1) is 32.3. The number of benzene rings is 2. The molecule has 6 rings (SSSR count). The second-order valence-electron chi connectivity index (χ2n) is 13.4. The van der Waals surface area contributed by atoms with Crippen molar-refractivity contribution in [2.45, 2.75) is 76.3 Å². The molecule has 46 heavy (non-hydrogen) atoms. The molecular formula is C35H45ClN6O4. The zero-order chi connectivity index (χ0) is 32.4. The number of imidazole rings is 1. The predicted molar refractivity (Wildman–Crippen MR) is 178 cm³/mol. The van der Waals surface area contributed by atoms with Gasteiger partial charge in [0, 0.05) is 30.6 Å². The maximum atomic E-state index is 13.9. The van der Waals surface area contributed by atoms with Gasteiger partial charge in [-0.15, -0.1) is 0 Å². The van der Waals surface area contributed by atoms with Crippen LogP contribution in [0.25, 0.3) is 11.0 Å². The van der Waals surface area contributed by atoms with Crippen molar-refractivity contribution >= 4 is 40.5 Å². The summed E-state index contributed by atoms with van der Waals surface area (Å²) in [7, 11) is 0. The number of urea groups is 1. The highest BCUT2D eigenvalue weighted by Crippen LogP contribution is 2.41. The Morgan fingerprint density at radius 1 is 1.07 bits per heavy atom. The van der Waals surface area contributed by atoms with Gasteiger partial charge in [0.25, 0.3) is 0 Å². The molecule has 4 amide bonds. The SMILES string of the molecule is CCNC(=O)[C@H](NC(=O)C1(c2ccc3[nH]c([C@@H](NC(=O)N4CCCC4)[C@H](c4ccccc4Cl)C(C)C)nc3c2)COC1)C1CCC1. The summed E-state index contributed by atoms with van der Waals surface area (Å²) in [5, 5.41) is 9.93. The van der Waals surface area contributed by atoms with Gasteiger partial charge in [0.05, 0.1) is 30.3 Å². The molecule has 3 heterocycles. The Hall–Kier alpha value is -3.63. The Balaban J connectivity index is 1.33. The van der Waals surface area contributed by atoms with Crippen molar-refractivity contribution in [2.24, 2.45) is 11.8 Å². The molecule has 11 heteroatoms. The van der Waals surface area contributed by atoms with Gasteiger partial charge in [0.1, 0.15) is 17.3 Å². The highest BCUT2D eigenvalue weighted by atomic mass is 35.5. The summed E-state index contributed by atoms with van der Waals surface area (Å²) in [6.45, 7) is 8.56. The average molecular weight is 649 g/mol. The van der Waals surface area contributed by atoms with Crippen LogP contribution >= 0.6 is 11.6 Å². The van der Waals surface area contributed by atoms with Crippen LogP contribution in [0, 0.1) is 11.8 Å². The monoisotopic (exact) mass is 648 g/mol. The van der Waals surface area contributed by atoms with Gasteiger partial charge < -0.3 is 30.6 Å². The van der Waals surface area contributed by atoms with E-state index in [0.717, 1.165) is 61.8 Å².